The molecule has 100 valence electrons. The number of carbonyl (C=O) groups excluding carboxylic acids is 1. The summed E-state index contributed by atoms with van der Waals surface area (Å²) in [5.41, 5.74) is 1.31. The predicted molar refractivity (Wildman–Crippen MR) is 72.9 cm³/mol. The number of rotatable bonds is 5. The Morgan fingerprint density at radius 2 is 1.75 bits per heavy atom. The number of carbonyl (C=O) groups is 1. The van der Waals surface area contributed by atoms with Gasteiger partial charge in [-0.15, -0.1) is 0 Å². The molecule has 0 saturated heterocycles. The highest BCUT2D eigenvalue weighted by molar-refractivity contribution is 5.71. The number of nitriles is 1. The quantitative estimate of drug-likeness (QED) is 0.781. The van der Waals surface area contributed by atoms with Crippen molar-refractivity contribution in [2.45, 2.75) is 6.61 Å². The minimum absolute atomic E-state index is 0.211. The molecule has 0 saturated carbocycles. The molecule has 20 heavy (non-hydrogen) atoms. The highest BCUT2D eigenvalue weighted by Crippen LogP contribution is 2.16. The maximum Gasteiger partial charge on any atom is 0.344 e. The minimum atomic E-state index is -0.471. The van der Waals surface area contributed by atoms with Gasteiger partial charge in [0.2, 0.25) is 0 Å². The van der Waals surface area contributed by atoms with E-state index in [0.29, 0.717) is 11.3 Å². The van der Waals surface area contributed by atoms with Crippen LogP contribution in [0, 0.1) is 11.3 Å². The smallest absolute Gasteiger partial charge is 0.344 e. The molecule has 0 heterocycles. The standard InChI is InChI=1S/C16H13NO3/c17-10-14-8-4-5-9-15(14)19-12-16(18)20-11-13-6-2-1-3-7-13/h1-9H,11-12H2. The van der Waals surface area contributed by atoms with Crippen LogP contribution in [0.1, 0.15) is 11.1 Å². The normalized spacial score (nSPS) is 9.55. The van der Waals surface area contributed by atoms with E-state index in [2.05, 4.69) is 0 Å². The molecule has 0 aliphatic carbocycles. The third-order valence-electron chi connectivity index (χ3n) is 2.60. The molecule has 0 unspecified atom stereocenters. The van der Waals surface area contributed by atoms with E-state index in [0.717, 1.165) is 5.56 Å². The molecule has 0 spiro atoms. The van der Waals surface area contributed by atoms with Crippen LogP contribution in [0.4, 0.5) is 0 Å². The van der Waals surface area contributed by atoms with Crippen LogP contribution in [0.15, 0.2) is 54.6 Å². The van der Waals surface area contributed by atoms with Gasteiger partial charge in [-0.25, -0.2) is 4.79 Å². The lowest BCUT2D eigenvalue weighted by atomic mass is 10.2. The zero-order valence-corrected chi connectivity index (χ0v) is 10.8. The Morgan fingerprint density at radius 3 is 2.50 bits per heavy atom. The minimum Gasteiger partial charge on any atom is -0.481 e. The van der Waals surface area contributed by atoms with E-state index in [1.165, 1.54) is 0 Å². The first-order valence-electron chi connectivity index (χ1n) is 6.11. The Morgan fingerprint density at radius 1 is 1.05 bits per heavy atom. The van der Waals surface area contributed by atoms with Crippen molar-refractivity contribution in [2.75, 3.05) is 6.61 Å². The SMILES string of the molecule is N#Cc1ccccc1OCC(=O)OCc1ccccc1. The van der Waals surface area contributed by atoms with Crippen LogP contribution in [-0.2, 0) is 16.1 Å². The van der Waals surface area contributed by atoms with Gasteiger partial charge in [-0.05, 0) is 17.7 Å². The molecule has 4 heteroatoms. The van der Waals surface area contributed by atoms with Crippen LogP contribution >= 0.6 is 0 Å². The van der Waals surface area contributed by atoms with E-state index in [-0.39, 0.29) is 13.2 Å². The van der Waals surface area contributed by atoms with Gasteiger partial charge in [0, 0.05) is 0 Å². The number of hydrogen-bond donors (Lipinski definition) is 0. The molecule has 2 rings (SSSR count). The van der Waals surface area contributed by atoms with Gasteiger partial charge < -0.3 is 9.47 Å². The molecule has 0 bridgehead atoms. The topological polar surface area (TPSA) is 59.3 Å². The van der Waals surface area contributed by atoms with Crippen LogP contribution in [0.3, 0.4) is 0 Å². The summed E-state index contributed by atoms with van der Waals surface area (Å²) in [6.45, 7) is -0.00550. The summed E-state index contributed by atoms with van der Waals surface area (Å²) in [5.74, 6) is -0.0896. The van der Waals surface area contributed by atoms with Gasteiger partial charge in [0.1, 0.15) is 18.4 Å². The zero-order chi connectivity index (χ0) is 14.2. The Kier molecular flexibility index (Phi) is 4.74. The number of nitrogens with zero attached hydrogens (tertiary/aromatic N) is 1. The van der Waals surface area contributed by atoms with Gasteiger partial charge in [0.15, 0.2) is 6.61 Å². The second-order valence-electron chi connectivity index (χ2n) is 4.04. The summed E-state index contributed by atoms with van der Waals surface area (Å²) in [6, 6.07) is 18.1. The fourth-order valence-electron chi connectivity index (χ4n) is 1.60. The summed E-state index contributed by atoms with van der Waals surface area (Å²) in [7, 11) is 0. The van der Waals surface area contributed by atoms with Crippen LogP contribution in [0.5, 0.6) is 5.75 Å². The lowest BCUT2D eigenvalue weighted by Gasteiger charge is -2.08. The van der Waals surface area contributed by atoms with E-state index in [1.54, 1.807) is 24.3 Å². The Labute approximate surface area is 117 Å². The van der Waals surface area contributed by atoms with Crippen LogP contribution in [0.2, 0.25) is 0 Å². The van der Waals surface area contributed by atoms with Gasteiger partial charge in [-0.2, -0.15) is 5.26 Å². The van der Waals surface area contributed by atoms with Gasteiger partial charge in [0.25, 0.3) is 0 Å². The lowest BCUT2D eigenvalue weighted by Crippen LogP contribution is -2.15. The van der Waals surface area contributed by atoms with Crippen molar-refractivity contribution in [2.24, 2.45) is 0 Å². The number of esters is 1. The van der Waals surface area contributed by atoms with Gasteiger partial charge in [-0.3, -0.25) is 0 Å². The molecule has 0 atom stereocenters. The van der Waals surface area contributed by atoms with Gasteiger partial charge in [-0.1, -0.05) is 42.5 Å². The first kappa shape index (κ1) is 13.6. The molecule has 0 aliphatic heterocycles. The molecule has 2 aromatic rings. The number of benzene rings is 2. The first-order chi connectivity index (χ1) is 9.79. The molecule has 0 N–H and O–H groups in total. The van der Waals surface area contributed by atoms with E-state index in [1.807, 2.05) is 36.4 Å². The lowest BCUT2D eigenvalue weighted by molar-refractivity contribution is -0.147. The predicted octanol–water partition coefficient (Wildman–Crippen LogP) is 2.68. The summed E-state index contributed by atoms with van der Waals surface area (Å²) in [6.07, 6.45) is 0. The van der Waals surface area contributed by atoms with Gasteiger partial charge >= 0.3 is 5.97 Å². The summed E-state index contributed by atoms with van der Waals surface area (Å²) in [5, 5.41) is 8.89. The average molecular weight is 267 g/mol. The van der Waals surface area contributed by atoms with Crippen molar-refractivity contribution < 1.29 is 14.3 Å². The molecule has 0 fully saturated rings. The van der Waals surface area contributed by atoms with E-state index >= 15 is 0 Å². The number of ether oxygens (including phenoxy) is 2. The number of para-hydroxylation sites is 1. The van der Waals surface area contributed by atoms with Crippen LogP contribution < -0.4 is 4.74 Å². The molecule has 2 aromatic carbocycles. The molecular weight excluding hydrogens is 254 g/mol. The summed E-state index contributed by atoms with van der Waals surface area (Å²) in [4.78, 5) is 11.6. The third-order valence-corrected chi connectivity index (χ3v) is 2.60. The van der Waals surface area contributed by atoms with Crippen molar-refractivity contribution in [3.8, 4) is 11.8 Å². The third kappa shape index (κ3) is 3.85. The van der Waals surface area contributed by atoms with Crippen molar-refractivity contribution in [1.82, 2.24) is 0 Å². The summed E-state index contributed by atoms with van der Waals surface area (Å²) >= 11 is 0. The Balaban J connectivity index is 1.82. The maximum absolute atomic E-state index is 11.6. The maximum atomic E-state index is 11.6. The highest BCUT2D eigenvalue weighted by atomic mass is 16.6. The largest absolute Gasteiger partial charge is 0.481 e. The fraction of sp³-hybridized carbons (Fsp3) is 0.125. The van der Waals surface area contributed by atoms with Crippen LogP contribution in [-0.4, -0.2) is 12.6 Å². The van der Waals surface area contributed by atoms with Gasteiger partial charge in [0.05, 0.1) is 5.56 Å². The average Bonchev–Trinajstić information content (AvgIpc) is 2.52. The monoisotopic (exact) mass is 267 g/mol. The first-order valence-corrected chi connectivity index (χ1v) is 6.11. The summed E-state index contributed by atoms with van der Waals surface area (Å²) < 4.78 is 10.4. The molecule has 0 radical (unpaired) electrons. The van der Waals surface area contributed by atoms with E-state index in [4.69, 9.17) is 14.7 Å². The second-order valence-corrected chi connectivity index (χ2v) is 4.04. The van der Waals surface area contributed by atoms with E-state index < -0.39 is 5.97 Å². The van der Waals surface area contributed by atoms with E-state index in [9.17, 15) is 4.79 Å². The van der Waals surface area contributed by atoms with Crippen LogP contribution in [0.25, 0.3) is 0 Å². The van der Waals surface area contributed by atoms with Crippen molar-refractivity contribution >= 4 is 5.97 Å². The molecule has 0 aromatic heterocycles. The fourth-order valence-corrected chi connectivity index (χ4v) is 1.60. The molecule has 0 aliphatic rings. The zero-order valence-electron chi connectivity index (χ0n) is 10.8. The second kappa shape index (κ2) is 6.95. The van der Waals surface area contributed by atoms with Crippen molar-refractivity contribution in [1.29, 1.82) is 5.26 Å². The van der Waals surface area contributed by atoms with Crippen molar-refractivity contribution in [3.05, 3.63) is 65.7 Å². The molecule has 0 amide bonds. The Bertz CT molecular complexity index is 617. The number of hydrogen-bond acceptors (Lipinski definition) is 4. The highest BCUT2D eigenvalue weighted by Gasteiger charge is 2.07. The molecule has 4 nitrogen and oxygen atoms in total. The molecular formula is C16H13NO3. The Hall–Kier alpha value is -2.80. The van der Waals surface area contributed by atoms with Crippen molar-refractivity contribution in [3.63, 3.8) is 0 Å².